The van der Waals surface area contributed by atoms with Gasteiger partial charge < -0.3 is 4.90 Å². The summed E-state index contributed by atoms with van der Waals surface area (Å²) in [5.41, 5.74) is -5.32. The molecule has 3 aromatic heterocycles. The summed E-state index contributed by atoms with van der Waals surface area (Å²) in [6, 6.07) is 0.516. The molecule has 3 heterocycles. The van der Waals surface area contributed by atoms with Gasteiger partial charge in [-0.1, -0.05) is 9.24 Å². The molecule has 0 aliphatic heterocycles. The lowest BCUT2D eigenvalue weighted by Gasteiger charge is -2.28. The van der Waals surface area contributed by atoms with E-state index < -0.39 is 29.0 Å². The van der Waals surface area contributed by atoms with Gasteiger partial charge in [-0.05, 0) is 19.1 Å². The smallest absolute Gasteiger partial charge is 0.351 e. The predicted molar refractivity (Wildman–Crippen MR) is 128 cm³/mol. The Hall–Kier alpha value is -3.18. The highest BCUT2D eigenvalue weighted by Crippen LogP contribution is 2.44. The molecule has 0 aliphatic carbocycles. The number of ketones is 1. The van der Waals surface area contributed by atoms with Crippen LogP contribution in [0.15, 0.2) is 37.1 Å². The second-order valence-electron chi connectivity index (χ2n) is 7.90. The van der Waals surface area contributed by atoms with E-state index >= 15 is 0 Å². The van der Waals surface area contributed by atoms with E-state index in [4.69, 9.17) is 0 Å². The molecule has 2 atom stereocenters. The first-order chi connectivity index (χ1) is 16.8. The maximum Gasteiger partial charge on any atom is 0.416 e. The van der Waals surface area contributed by atoms with E-state index in [9.17, 15) is 26.7 Å². The van der Waals surface area contributed by atoms with E-state index in [1.807, 2.05) is 0 Å². The van der Waals surface area contributed by atoms with Crippen LogP contribution in [0.3, 0.4) is 0 Å². The zero-order valence-corrected chi connectivity index (χ0v) is 21.0. The number of hydrogen-bond acceptors (Lipinski definition) is 8. The molecule has 0 radical (unpaired) electrons. The van der Waals surface area contributed by atoms with Crippen LogP contribution in [0.25, 0.3) is 21.6 Å². The number of carbonyl (C=O) groups is 1. The first kappa shape index (κ1) is 25.9. The van der Waals surface area contributed by atoms with Crippen molar-refractivity contribution in [1.29, 1.82) is 0 Å². The molecule has 1 aromatic carbocycles. The summed E-state index contributed by atoms with van der Waals surface area (Å²) in [6.45, 7) is 3.12. The molecule has 7 nitrogen and oxygen atoms in total. The lowest BCUT2D eigenvalue weighted by molar-refractivity contribution is -0.137. The fourth-order valence-electron chi connectivity index (χ4n) is 3.59. The molecular formula is C22H18F5N6OPS. The molecule has 14 heteroatoms. The number of benzene rings is 1. The number of hydrogen-bond donors (Lipinski definition) is 0. The van der Waals surface area contributed by atoms with Gasteiger partial charge in [-0.2, -0.15) is 22.0 Å². The van der Waals surface area contributed by atoms with E-state index in [2.05, 4.69) is 24.9 Å². The van der Waals surface area contributed by atoms with Crippen LogP contribution in [0.5, 0.6) is 0 Å². The second-order valence-corrected chi connectivity index (χ2v) is 9.66. The number of anilines is 1. The third-order valence-corrected chi connectivity index (χ3v) is 6.91. The fraction of sp³-hybridized carbons (Fsp3) is 0.273. The van der Waals surface area contributed by atoms with Crippen LogP contribution in [0.1, 0.15) is 46.4 Å². The molecule has 188 valence electrons. The average Bonchev–Trinajstić information content (AvgIpc) is 3.31. The van der Waals surface area contributed by atoms with E-state index in [1.54, 1.807) is 14.0 Å². The number of Topliss-reactive ketones (excluding diaryl/α,β-unsaturated/α-hetero) is 1. The molecule has 36 heavy (non-hydrogen) atoms. The Kier molecular flexibility index (Phi) is 6.74. The number of halogens is 5. The zero-order chi connectivity index (χ0) is 26.4. The molecule has 0 amide bonds. The highest BCUT2D eigenvalue weighted by molar-refractivity contribution is 7.17. The van der Waals surface area contributed by atoms with E-state index in [0.29, 0.717) is 27.3 Å². The van der Waals surface area contributed by atoms with Crippen LogP contribution in [0.2, 0.25) is 0 Å². The summed E-state index contributed by atoms with van der Waals surface area (Å²) in [6.07, 6.45) is 0.466. The van der Waals surface area contributed by atoms with Crippen molar-refractivity contribution in [2.45, 2.75) is 31.7 Å². The van der Waals surface area contributed by atoms with Crippen molar-refractivity contribution in [3.8, 4) is 10.7 Å². The minimum Gasteiger partial charge on any atom is -0.351 e. The number of aromatic nitrogens is 5. The van der Waals surface area contributed by atoms with E-state index in [-0.39, 0.29) is 22.5 Å². The first-order valence-corrected chi connectivity index (χ1v) is 11.7. The van der Waals surface area contributed by atoms with E-state index in [0.717, 1.165) is 23.7 Å². The molecule has 0 fully saturated rings. The lowest BCUT2D eigenvalue weighted by Crippen LogP contribution is -2.25. The molecule has 0 saturated carbocycles. The standard InChI is InChI=1S/C22H18F5N6OPS/c1-10(16-18(29-5-4-28-16)20-30-8-15(36-20)11(2)34)33(3)19-13-6-12(21(23,24)25)7-14(22(26,27)35)17(13)31-9-32-19/h4-10H,35H2,1-3H3. The van der Waals surface area contributed by atoms with Crippen LogP contribution < -0.4 is 4.90 Å². The van der Waals surface area contributed by atoms with Gasteiger partial charge in [-0.25, -0.2) is 15.0 Å². The average molecular weight is 540 g/mol. The summed E-state index contributed by atoms with van der Waals surface area (Å²) in [4.78, 5) is 34.6. The first-order valence-electron chi connectivity index (χ1n) is 10.3. The van der Waals surface area contributed by atoms with Gasteiger partial charge in [0.2, 0.25) is 0 Å². The van der Waals surface area contributed by atoms with E-state index in [1.165, 1.54) is 39.7 Å². The van der Waals surface area contributed by atoms with Crippen LogP contribution in [-0.2, 0) is 11.8 Å². The molecule has 4 rings (SSSR count). The maximum absolute atomic E-state index is 14.3. The lowest BCUT2D eigenvalue weighted by atomic mass is 10.0. The Morgan fingerprint density at radius 3 is 2.36 bits per heavy atom. The van der Waals surface area contributed by atoms with Crippen molar-refractivity contribution in [1.82, 2.24) is 24.9 Å². The third-order valence-electron chi connectivity index (χ3n) is 5.50. The van der Waals surface area contributed by atoms with Crippen LogP contribution in [0.4, 0.5) is 27.8 Å². The largest absolute Gasteiger partial charge is 0.416 e. The van der Waals surface area contributed by atoms with Crippen molar-refractivity contribution in [2.75, 3.05) is 11.9 Å². The topological polar surface area (TPSA) is 84.8 Å². The molecular weight excluding hydrogens is 522 g/mol. The monoisotopic (exact) mass is 540 g/mol. The molecule has 2 unspecified atom stereocenters. The third kappa shape index (κ3) is 4.90. The number of nitrogens with zero attached hydrogens (tertiary/aromatic N) is 6. The number of alkyl halides is 5. The minimum absolute atomic E-state index is 0.00531. The van der Waals surface area contributed by atoms with Crippen molar-refractivity contribution in [3.63, 3.8) is 0 Å². The van der Waals surface area contributed by atoms with Crippen molar-refractivity contribution >= 4 is 43.1 Å². The number of thiazole rings is 1. The van der Waals surface area contributed by atoms with Crippen molar-refractivity contribution in [3.05, 3.63) is 58.7 Å². The number of fused-ring (bicyclic) bond motifs is 1. The van der Waals surface area contributed by atoms with Gasteiger partial charge in [0.05, 0.1) is 33.3 Å². The SMILES string of the molecule is CC(=O)c1cnc(-c2nccnc2C(C)N(C)c2ncnc3c(C(F)(F)P)cc(C(F)(F)F)cc23)s1. The predicted octanol–water partition coefficient (Wildman–Crippen LogP) is 5.89. The fourth-order valence-corrected chi connectivity index (χ4v) is 4.62. The van der Waals surface area contributed by atoms with Gasteiger partial charge in [0.1, 0.15) is 22.8 Å². The minimum atomic E-state index is -4.87. The van der Waals surface area contributed by atoms with Gasteiger partial charge in [0, 0.05) is 37.9 Å². The summed E-state index contributed by atoms with van der Waals surface area (Å²) in [7, 11) is 2.80. The van der Waals surface area contributed by atoms with Crippen LogP contribution in [0, 0.1) is 0 Å². The molecule has 0 N–H and O–H groups in total. The van der Waals surface area contributed by atoms with Gasteiger partial charge in [-0.15, -0.1) is 11.3 Å². The quantitative estimate of drug-likeness (QED) is 0.171. The van der Waals surface area contributed by atoms with Gasteiger partial charge >= 0.3 is 6.18 Å². The van der Waals surface area contributed by atoms with Crippen molar-refractivity contribution < 1.29 is 26.7 Å². The van der Waals surface area contributed by atoms with Crippen molar-refractivity contribution in [2.24, 2.45) is 0 Å². The highest BCUT2D eigenvalue weighted by atomic mass is 32.1. The van der Waals surface area contributed by atoms with Crippen LogP contribution >= 0.6 is 20.6 Å². The molecule has 0 aliphatic rings. The zero-order valence-electron chi connectivity index (χ0n) is 19.0. The molecule has 0 saturated heterocycles. The highest BCUT2D eigenvalue weighted by Gasteiger charge is 2.37. The Morgan fingerprint density at radius 1 is 1.06 bits per heavy atom. The van der Waals surface area contributed by atoms with Gasteiger partial charge in [-0.3, -0.25) is 14.8 Å². The van der Waals surface area contributed by atoms with Crippen LogP contribution in [-0.4, -0.2) is 37.8 Å². The Bertz CT molecular complexity index is 1460. The summed E-state index contributed by atoms with van der Waals surface area (Å²) in [5.74, 6) is -0.168. The Labute approximate surface area is 208 Å². The molecule has 0 bridgehead atoms. The molecule has 0 spiro atoms. The number of carbonyl (C=O) groups excluding carboxylic acids is 1. The Balaban J connectivity index is 1.86. The normalized spacial score (nSPS) is 13.1. The summed E-state index contributed by atoms with van der Waals surface area (Å²) >= 11 is 1.13. The number of rotatable bonds is 6. The summed E-state index contributed by atoms with van der Waals surface area (Å²) in [5, 5.41) is 0.234. The van der Waals surface area contributed by atoms with Gasteiger partial charge in [0.15, 0.2) is 5.78 Å². The van der Waals surface area contributed by atoms with Gasteiger partial charge in [0.25, 0.3) is 5.66 Å². The maximum atomic E-state index is 14.3. The second kappa shape index (κ2) is 9.36. The summed E-state index contributed by atoms with van der Waals surface area (Å²) < 4.78 is 69.3. The Morgan fingerprint density at radius 2 is 1.75 bits per heavy atom. The molecule has 4 aromatic rings.